The van der Waals surface area contributed by atoms with Crippen LogP contribution in [0.1, 0.15) is 6.42 Å². The number of urea groups is 1. The van der Waals surface area contributed by atoms with E-state index in [0.29, 0.717) is 18.8 Å². The predicted molar refractivity (Wildman–Crippen MR) is 64.0 cm³/mol. The molecule has 1 aromatic rings. The number of amides is 2. The van der Waals surface area contributed by atoms with Crippen LogP contribution in [-0.4, -0.2) is 31.9 Å². The van der Waals surface area contributed by atoms with Gasteiger partial charge in [-0.1, -0.05) is 18.2 Å². The van der Waals surface area contributed by atoms with Gasteiger partial charge in [0.1, 0.15) is 12.3 Å². The maximum atomic E-state index is 11.8. The molecule has 1 rings (SSSR count). The molecular weight excluding hydrogens is 261 g/mol. The van der Waals surface area contributed by atoms with E-state index in [4.69, 9.17) is 4.74 Å². The second-order valence-electron chi connectivity index (χ2n) is 3.74. The molecule has 0 atom stereocenters. The van der Waals surface area contributed by atoms with Crippen LogP contribution in [-0.2, 0) is 0 Å². The van der Waals surface area contributed by atoms with Gasteiger partial charge >= 0.3 is 12.2 Å². The smallest absolute Gasteiger partial charge is 0.405 e. The molecule has 0 aliphatic carbocycles. The molecule has 7 heteroatoms. The zero-order valence-electron chi connectivity index (χ0n) is 10.2. The molecule has 19 heavy (non-hydrogen) atoms. The zero-order chi connectivity index (χ0) is 14.1. The number of ether oxygens (including phenoxy) is 1. The third-order valence-electron chi connectivity index (χ3n) is 2.07. The molecule has 4 nitrogen and oxygen atoms in total. The Hall–Kier alpha value is -1.92. The number of hydrogen-bond acceptors (Lipinski definition) is 2. The van der Waals surface area contributed by atoms with Crippen LogP contribution < -0.4 is 15.4 Å². The number of alkyl halides is 3. The lowest BCUT2D eigenvalue weighted by atomic mass is 10.3. The number of carbonyl (C=O) groups excluding carboxylic acids is 1. The minimum Gasteiger partial charge on any atom is -0.494 e. The molecule has 0 saturated carbocycles. The molecule has 2 amide bonds. The number of benzene rings is 1. The van der Waals surface area contributed by atoms with Crippen LogP contribution in [0, 0.1) is 0 Å². The van der Waals surface area contributed by atoms with Crippen molar-refractivity contribution < 1.29 is 22.7 Å². The highest BCUT2D eigenvalue weighted by molar-refractivity contribution is 5.73. The molecule has 0 saturated heterocycles. The standard InChI is InChI=1S/C12H15F3N2O2/c13-12(14,15)9-17-11(18)16-7-4-8-19-10-5-2-1-3-6-10/h1-3,5-6H,4,7-9H2,(H2,16,17,18). The summed E-state index contributed by atoms with van der Waals surface area (Å²) in [5.74, 6) is 0.712. The number of para-hydroxylation sites is 1. The summed E-state index contributed by atoms with van der Waals surface area (Å²) in [5.41, 5.74) is 0. The first kappa shape index (κ1) is 15.1. The van der Waals surface area contributed by atoms with E-state index in [-0.39, 0.29) is 6.54 Å². The Morgan fingerprint density at radius 1 is 1.16 bits per heavy atom. The lowest BCUT2D eigenvalue weighted by molar-refractivity contribution is -0.122. The van der Waals surface area contributed by atoms with Crippen molar-refractivity contribution in [3.63, 3.8) is 0 Å². The summed E-state index contributed by atoms with van der Waals surface area (Å²) >= 11 is 0. The van der Waals surface area contributed by atoms with Gasteiger partial charge in [0.05, 0.1) is 6.61 Å². The summed E-state index contributed by atoms with van der Waals surface area (Å²) in [5, 5.41) is 4.03. The van der Waals surface area contributed by atoms with Gasteiger partial charge in [-0.25, -0.2) is 4.79 Å². The second-order valence-corrected chi connectivity index (χ2v) is 3.74. The van der Waals surface area contributed by atoms with Gasteiger partial charge in [-0.3, -0.25) is 0 Å². The molecule has 0 aliphatic rings. The van der Waals surface area contributed by atoms with Crippen molar-refractivity contribution in [3.8, 4) is 5.75 Å². The first-order valence-corrected chi connectivity index (χ1v) is 5.74. The summed E-state index contributed by atoms with van der Waals surface area (Å²) in [6.45, 7) is -0.709. The van der Waals surface area contributed by atoms with Gasteiger partial charge in [-0.15, -0.1) is 0 Å². The summed E-state index contributed by atoms with van der Waals surface area (Å²) < 4.78 is 40.7. The Kier molecular flexibility index (Phi) is 5.98. The molecule has 0 fully saturated rings. The lowest BCUT2D eigenvalue weighted by Gasteiger charge is -2.10. The molecule has 0 bridgehead atoms. The fourth-order valence-electron chi connectivity index (χ4n) is 1.22. The quantitative estimate of drug-likeness (QED) is 0.783. The topological polar surface area (TPSA) is 50.4 Å². The van der Waals surface area contributed by atoms with Crippen LogP contribution >= 0.6 is 0 Å². The van der Waals surface area contributed by atoms with E-state index in [1.54, 1.807) is 17.4 Å². The number of halogens is 3. The van der Waals surface area contributed by atoms with E-state index in [0.717, 1.165) is 0 Å². The molecular formula is C12H15F3N2O2. The number of nitrogens with one attached hydrogen (secondary N) is 2. The van der Waals surface area contributed by atoms with Crippen molar-refractivity contribution in [2.45, 2.75) is 12.6 Å². The van der Waals surface area contributed by atoms with Crippen LogP contribution in [0.5, 0.6) is 5.75 Å². The zero-order valence-corrected chi connectivity index (χ0v) is 10.2. The van der Waals surface area contributed by atoms with Crippen LogP contribution in [0.2, 0.25) is 0 Å². The van der Waals surface area contributed by atoms with Gasteiger partial charge in [0, 0.05) is 6.54 Å². The highest BCUT2D eigenvalue weighted by atomic mass is 19.4. The molecule has 1 aromatic carbocycles. The van der Waals surface area contributed by atoms with E-state index in [1.807, 2.05) is 18.2 Å². The first-order valence-electron chi connectivity index (χ1n) is 5.74. The first-order chi connectivity index (χ1) is 8.97. The minimum atomic E-state index is -4.40. The largest absolute Gasteiger partial charge is 0.494 e. The van der Waals surface area contributed by atoms with Crippen LogP contribution in [0.25, 0.3) is 0 Å². The normalized spacial score (nSPS) is 10.9. The third-order valence-corrected chi connectivity index (χ3v) is 2.07. The molecule has 0 aromatic heterocycles. The molecule has 0 heterocycles. The summed E-state index contributed by atoms with van der Waals surface area (Å²) in [4.78, 5) is 11.0. The van der Waals surface area contributed by atoms with Crippen molar-refractivity contribution in [1.29, 1.82) is 0 Å². The van der Waals surface area contributed by atoms with Gasteiger partial charge in [-0.05, 0) is 18.6 Å². The molecule has 0 unspecified atom stereocenters. The van der Waals surface area contributed by atoms with E-state index in [2.05, 4.69) is 5.32 Å². The number of hydrogen-bond donors (Lipinski definition) is 2. The van der Waals surface area contributed by atoms with Gasteiger partial charge in [-0.2, -0.15) is 13.2 Å². The van der Waals surface area contributed by atoms with Crippen molar-refractivity contribution in [3.05, 3.63) is 30.3 Å². The third kappa shape index (κ3) is 7.91. The van der Waals surface area contributed by atoms with Crippen LogP contribution in [0.3, 0.4) is 0 Å². The Morgan fingerprint density at radius 2 is 1.84 bits per heavy atom. The van der Waals surface area contributed by atoms with E-state index in [1.165, 1.54) is 0 Å². The fraction of sp³-hybridized carbons (Fsp3) is 0.417. The van der Waals surface area contributed by atoms with Crippen molar-refractivity contribution in [2.24, 2.45) is 0 Å². The molecule has 0 spiro atoms. The number of carbonyl (C=O) groups is 1. The van der Waals surface area contributed by atoms with Gasteiger partial charge in [0.2, 0.25) is 0 Å². The summed E-state index contributed by atoms with van der Waals surface area (Å²) in [7, 11) is 0. The van der Waals surface area contributed by atoms with Gasteiger partial charge in [0.15, 0.2) is 0 Å². The Bertz CT molecular complexity index is 382. The highest BCUT2D eigenvalue weighted by Gasteiger charge is 2.27. The number of rotatable bonds is 6. The van der Waals surface area contributed by atoms with E-state index in [9.17, 15) is 18.0 Å². The SMILES string of the molecule is O=C(NCCCOc1ccccc1)NCC(F)(F)F. The van der Waals surface area contributed by atoms with Crippen molar-refractivity contribution in [2.75, 3.05) is 19.7 Å². The maximum absolute atomic E-state index is 11.8. The summed E-state index contributed by atoms with van der Waals surface area (Å²) in [6.07, 6.45) is -3.89. The second kappa shape index (κ2) is 7.50. The molecule has 0 aliphatic heterocycles. The monoisotopic (exact) mass is 276 g/mol. The molecule has 0 radical (unpaired) electrons. The fourth-order valence-corrected chi connectivity index (χ4v) is 1.22. The average Bonchev–Trinajstić information content (AvgIpc) is 2.36. The Balaban J connectivity index is 2.03. The maximum Gasteiger partial charge on any atom is 0.405 e. The average molecular weight is 276 g/mol. The van der Waals surface area contributed by atoms with Gasteiger partial charge < -0.3 is 15.4 Å². The molecule has 106 valence electrons. The van der Waals surface area contributed by atoms with E-state index < -0.39 is 18.8 Å². The Labute approximate surface area is 108 Å². The minimum absolute atomic E-state index is 0.247. The summed E-state index contributed by atoms with van der Waals surface area (Å²) in [6, 6.07) is 8.28. The van der Waals surface area contributed by atoms with Crippen LogP contribution in [0.4, 0.5) is 18.0 Å². The predicted octanol–water partition coefficient (Wildman–Crippen LogP) is 2.32. The van der Waals surface area contributed by atoms with Crippen molar-refractivity contribution in [1.82, 2.24) is 10.6 Å². The lowest BCUT2D eigenvalue weighted by Crippen LogP contribution is -2.41. The van der Waals surface area contributed by atoms with Crippen molar-refractivity contribution >= 4 is 6.03 Å². The molecule has 2 N–H and O–H groups in total. The highest BCUT2D eigenvalue weighted by Crippen LogP contribution is 2.11. The van der Waals surface area contributed by atoms with Gasteiger partial charge in [0.25, 0.3) is 0 Å². The van der Waals surface area contributed by atoms with Crippen LogP contribution in [0.15, 0.2) is 30.3 Å². The van der Waals surface area contributed by atoms with E-state index >= 15 is 0 Å². The Morgan fingerprint density at radius 3 is 2.47 bits per heavy atom.